The Hall–Kier alpha value is -2.50. The SMILES string of the molecule is Cc1cnn(CCNC(=O)c2ccc(N)cc2N)c1. The van der Waals surface area contributed by atoms with Crippen LogP contribution >= 0.6 is 0 Å². The molecule has 6 nitrogen and oxygen atoms in total. The Kier molecular flexibility index (Phi) is 3.70. The van der Waals surface area contributed by atoms with Crippen molar-refractivity contribution in [2.45, 2.75) is 13.5 Å². The molecule has 0 aliphatic rings. The summed E-state index contributed by atoms with van der Waals surface area (Å²) in [5.41, 5.74) is 13.8. The second-order valence-electron chi connectivity index (χ2n) is 4.38. The molecule has 19 heavy (non-hydrogen) atoms. The van der Waals surface area contributed by atoms with Crippen molar-refractivity contribution in [2.75, 3.05) is 18.0 Å². The third kappa shape index (κ3) is 3.25. The molecule has 1 aromatic heterocycles. The van der Waals surface area contributed by atoms with Crippen LogP contribution in [0.4, 0.5) is 11.4 Å². The number of hydrogen-bond acceptors (Lipinski definition) is 4. The third-order valence-corrected chi connectivity index (χ3v) is 2.71. The van der Waals surface area contributed by atoms with Crippen LogP contribution in [0.5, 0.6) is 0 Å². The maximum Gasteiger partial charge on any atom is 0.253 e. The standard InChI is InChI=1S/C13H17N5O/c1-9-7-17-18(8-9)5-4-16-13(19)11-3-2-10(14)6-12(11)15/h2-3,6-8H,4-5,14-15H2,1H3,(H,16,19). The first-order valence-electron chi connectivity index (χ1n) is 5.98. The van der Waals surface area contributed by atoms with Crippen LogP contribution in [0, 0.1) is 6.92 Å². The molecule has 2 aromatic rings. The van der Waals surface area contributed by atoms with Gasteiger partial charge in [-0.1, -0.05) is 0 Å². The lowest BCUT2D eigenvalue weighted by Gasteiger charge is -2.08. The Morgan fingerprint density at radius 2 is 2.21 bits per heavy atom. The van der Waals surface area contributed by atoms with E-state index in [9.17, 15) is 4.79 Å². The number of hydrogen-bond donors (Lipinski definition) is 3. The molecule has 0 fully saturated rings. The second-order valence-corrected chi connectivity index (χ2v) is 4.38. The molecule has 0 unspecified atom stereocenters. The van der Waals surface area contributed by atoms with Gasteiger partial charge in [-0.3, -0.25) is 9.48 Å². The van der Waals surface area contributed by atoms with Crippen molar-refractivity contribution < 1.29 is 4.79 Å². The highest BCUT2D eigenvalue weighted by atomic mass is 16.1. The zero-order valence-corrected chi connectivity index (χ0v) is 10.8. The molecule has 0 spiro atoms. The zero-order chi connectivity index (χ0) is 13.8. The minimum atomic E-state index is -0.207. The summed E-state index contributed by atoms with van der Waals surface area (Å²) in [6.07, 6.45) is 3.70. The van der Waals surface area contributed by atoms with Gasteiger partial charge in [0.05, 0.1) is 18.3 Å². The van der Waals surface area contributed by atoms with Gasteiger partial charge in [0.1, 0.15) is 0 Å². The molecule has 1 heterocycles. The lowest BCUT2D eigenvalue weighted by molar-refractivity contribution is 0.0953. The van der Waals surface area contributed by atoms with Crippen LogP contribution in [0.3, 0.4) is 0 Å². The fourth-order valence-electron chi connectivity index (χ4n) is 1.76. The topological polar surface area (TPSA) is 99.0 Å². The number of nitrogens with two attached hydrogens (primary N) is 2. The van der Waals surface area contributed by atoms with Gasteiger partial charge in [-0.15, -0.1) is 0 Å². The molecule has 0 aliphatic heterocycles. The number of nitrogen functional groups attached to an aromatic ring is 2. The molecule has 1 amide bonds. The average Bonchev–Trinajstić information content (AvgIpc) is 2.75. The van der Waals surface area contributed by atoms with E-state index in [0.717, 1.165) is 5.56 Å². The second kappa shape index (κ2) is 5.43. The Morgan fingerprint density at radius 1 is 1.42 bits per heavy atom. The van der Waals surface area contributed by atoms with Crippen molar-refractivity contribution in [3.05, 3.63) is 41.7 Å². The first kappa shape index (κ1) is 12.9. The maximum atomic E-state index is 11.9. The Balaban J connectivity index is 1.90. The van der Waals surface area contributed by atoms with E-state index in [0.29, 0.717) is 30.0 Å². The van der Waals surface area contributed by atoms with Crippen molar-refractivity contribution in [2.24, 2.45) is 0 Å². The third-order valence-electron chi connectivity index (χ3n) is 2.71. The lowest BCUT2D eigenvalue weighted by atomic mass is 10.1. The van der Waals surface area contributed by atoms with Gasteiger partial charge < -0.3 is 16.8 Å². The number of carbonyl (C=O) groups is 1. The smallest absolute Gasteiger partial charge is 0.253 e. The van der Waals surface area contributed by atoms with Crippen molar-refractivity contribution in [3.63, 3.8) is 0 Å². The Labute approximate surface area is 111 Å². The molecule has 100 valence electrons. The molecule has 5 N–H and O–H groups in total. The number of benzene rings is 1. The summed E-state index contributed by atoms with van der Waals surface area (Å²) in [5, 5.41) is 6.94. The van der Waals surface area contributed by atoms with E-state index in [1.54, 1.807) is 29.1 Å². The molecule has 0 saturated carbocycles. The quantitative estimate of drug-likeness (QED) is 0.707. The lowest BCUT2D eigenvalue weighted by Crippen LogP contribution is -2.28. The minimum absolute atomic E-state index is 0.207. The summed E-state index contributed by atoms with van der Waals surface area (Å²) in [7, 11) is 0. The van der Waals surface area contributed by atoms with Gasteiger partial charge in [0.15, 0.2) is 0 Å². The van der Waals surface area contributed by atoms with E-state index in [-0.39, 0.29) is 5.91 Å². The normalized spacial score (nSPS) is 10.4. The average molecular weight is 259 g/mol. The summed E-state index contributed by atoms with van der Waals surface area (Å²) in [5.74, 6) is -0.207. The van der Waals surface area contributed by atoms with Crippen LogP contribution in [-0.2, 0) is 6.54 Å². The van der Waals surface area contributed by atoms with Gasteiger partial charge in [-0.25, -0.2) is 0 Å². The molecule has 6 heteroatoms. The van der Waals surface area contributed by atoms with E-state index < -0.39 is 0 Å². The summed E-state index contributed by atoms with van der Waals surface area (Å²) < 4.78 is 1.78. The van der Waals surface area contributed by atoms with E-state index in [1.807, 2.05) is 13.1 Å². The number of nitrogens with zero attached hydrogens (tertiary/aromatic N) is 2. The van der Waals surface area contributed by atoms with Crippen LogP contribution in [0.15, 0.2) is 30.6 Å². The highest BCUT2D eigenvalue weighted by Gasteiger charge is 2.09. The van der Waals surface area contributed by atoms with Gasteiger partial charge in [0.2, 0.25) is 0 Å². The van der Waals surface area contributed by atoms with Crippen LogP contribution < -0.4 is 16.8 Å². The predicted molar refractivity (Wildman–Crippen MR) is 74.6 cm³/mol. The van der Waals surface area contributed by atoms with Crippen LogP contribution in [0.25, 0.3) is 0 Å². The number of aryl methyl sites for hydroxylation is 1. The maximum absolute atomic E-state index is 11.9. The molecular weight excluding hydrogens is 242 g/mol. The molecule has 2 rings (SSSR count). The number of amides is 1. The number of nitrogens with one attached hydrogen (secondary N) is 1. The van der Waals surface area contributed by atoms with E-state index in [1.165, 1.54) is 0 Å². The highest BCUT2D eigenvalue weighted by Crippen LogP contribution is 2.15. The van der Waals surface area contributed by atoms with Crippen LogP contribution in [-0.4, -0.2) is 22.2 Å². The van der Waals surface area contributed by atoms with Crippen LogP contribution in [0.2, 0.25) is 0 Å². The fraction of sp³-hybridized carbons (Fsp3) is 0.231. The van der Waals surface area contributed by atoms with Crippen LogP contribution in [0.1, 0.15) is 15.9 Å². The summed E-state index contributed by atoms with van der Waals surface area (Å²) >= 11 is 0. The monoisotopic (exact) mass is 259 g/mol. The number of rotatable bonds is 4. The zero-order valence-electron chi connectivity index (χ0n) is 10.8. The van der Waals surface area contributed by atoms with Crippen molar-refractivity contribution >= 4 is 17.3 Å². The summed E-state index contributed by atoms with van der Waals surface area (Å²) in [4.78, 5) is 11.9. The molecule has 1 aromatic carbocycles. The van der Waals surface area contributed by atoms with Gasteiger partial charge >= 0.3 is 0 Å². The van der Waals surface area contributed by atoms with Gasteiger partial charge in [-0.2, -0.15) is 5.10 Å². The van der Waals surface area contributed by atoms with E-state index >= 15 is 0 Å². The molecular formula is C13H17N5O. The first-order valence-corrected chi connectivity index (χ1v) is 5.98. The molecule has 0 aliphatic carbocycles. The fourth-order valence-corrected chi connectivity index (χ4v) is 1.76. The van der Waals surface area contributed by atoms with E-state index in [2.05, 4.69) is 10.4 Å². The molecule has 0 radical (unpaired) electrons. The summed E-state index contributed by atoms with van der Waals surface area (Å²) in [6.45, 7) is 3.08. The number of carbonyl (C=O) groups excluding carboxylic acids is 1. The summed E-state index contributed by atoms with van der Waals surface area (Å²) in [6, 6.07) is 4.85. The molecule has 0 saturated heterocycles. The van der Waals surface area contributed by atoms with Gasteiger partial charge in [0.25, 0.3) is 5.91 Å². The largest absolute Gasteiger partial charge is 0.399 e. The first-order chi connectivity index (χ1) is 9.06. The Morgan fingerprint density at radius 3 is 2.84 bits per heavy atom. The number of anilines is 2. The number of aromatic nitrogens is 2. The van der Waals surface area contributed by atoms with Crippen molar-refractivity contribution in [3.8, 4) is 0 Å². The van der Waals surface area contributed by atoms with Crippen molar-refractivity contribution in [1.29, 1.82) is 0 Å². The minimum Gasteiger partial charge on any atom is -0.399 e. The molecule has 0 atom stereocenters. The highest BCUT2D eigenvalue weighted by molar-refractivity contribution is 5.99. The predicted octanol–water partition coefficient (Wildman–Crippen LogP) is 0.786. The van der Waals surface area contributed by atoms with E-state index in [4.69, 9.17) is 11.5 Å². The van der Waals surface area contributed by atoms with Crippen molar-refractivity contribution in [1.82, 2.24) is 15.1 Å². The molecule has 0 bridgehead atoms. The van der Waals surface area contributed by atoms with Gasteiger partial charge in [-0.05, 0) is 30.7 Å². The van der Waals surface area contributed by atoms with Gasteiger partial charge in [0, 0.05) is 24.1 Å². The Bertz CT molecular complexity index is 590.